The molecule has 24 heavy (non-hydrogen) atoms. The van der Waals surface area contributed by atoms with Gasteiger partial charge in [-0.25, -0.2) is 13.2 Å². The molecule has 1 aromatic rings. The lowest BCUT2D eigenvalue weighted by molar-refractivity contribution is -0.139. The van der Waals surface area contributed by atoms with Crippen molar-refractivity contribution >= 4 is 15.8 Å². The monoisotopic (exact) mass is 352 g/mol. The lowest BCUT2D eigenvalue weighted by atomic mass is 9.85. The molecule has 0 aromatic heterocycles. The minimum Gasteiger partial charge on any atom is -0.493 e. The zero-order chi connectivity index (χ0) is 17.9. The molecule has 0 saturated carbocycles. The summed E-state index contributed by atoms with van der Waals surface area (Å²) in [6.45, 7) is 7.61. The second-order valence-corrected chi connectivity index (χ2v) is 8.25. The summed E-state index contributed by atoms with van der Waals surface area (Å²) in [6.07, 6.45) is -0.588. The van der Waals surface area contributed by atoms with Gasteiger partial charge < -0.3 is 9.47 Å². The molecule has 0 amide bonds. The van der Waals surface area contributed by atoms with Crippen molar-refractivity contribution in [2.45, 2.75) is 38.7 Å². The standard InChI is InChI=1S/C18H24O5S/c1-5-22-18(19)17-13(4)23-15(16(17)12(2)3)11-24(20,21)14-9-7-6-8-10-14/h6-10,12,15-16H,5,11H2,1-4H3/t15-,16-/m0/s1. The highest BCUT2D eigenvalue weighted by Crippen LogP contribution is 2.38. The summed E-state index contributed by atoms with van der Waals surface area (Å²) in [7, 11) is -3.50. The van der Waals surface area contributed by atoms with Gasteiger partial charge in [0.25, 0.3) is 0 Å². The number of hydrogen-bond donors (Lipinski definition) is 0. The number of hydrogen-bond acceptors (Lipinski definition) is 5. The molecule has 5 nitrogen and oxygen atoms in total. The van der Waals surface area contributed by atoms with Crippen molar-refractivity contribution < 1.29 is 22.7 Å². The highest BCUT2D eigenvalue weighted by molar-refractivity contribution is 7.91. The number of allylic oxidation sites excluding steroid dienone is 1. The number of rotatable bonds is 6. The minimum absolute atomic E-state index is 0.0535. The zero-order valence-corrected chi connectivity index (χ0v) is 15.3. The molecule has 0 bridgehead atoms. The molecule has 0 radical (unpaired) electrons. The number of carbonyl (C=O) groups is 1. The summed E-state index contributed by atoms with van der Waals surface area (Å²) in [5, 5.41) is 0. The number of benzene rings is 1. The number of sulfone groups is 1. The van der Waals surface area contributed by atoms with Crippen LogP contribution in [0.1, 0.15) is 27.7 Å². The normalized spacial score (nSPS) is 21.0. The van der Waals surface area contributed by atoms with E-state index in [1.54, 1.807) is 44.2 Å². The van der Waals surface area contributed by atoms with Crippen LogP contribution in [0, 0.1) is 11.8 Å². The molecule has 2 rings (SSSR count). The zero-order valence-electron chi connectivity index (χ0n) is 14.5. The summed E-state index contributed by atoms with van der Waals surface area (Å²) in [6, 6.07) is 8.29. The van der Waals surface area contributed by atoms with Gasteiger partial charge in [0.1, 0.15) is 11.9 Å². The van der Waals surface area contributed by atoms with Crippen molar-refractivity contribution in [3.05, 3.63) is 41.7 Å². The van der Waals surface area contributed by atoms with Crippen molar-refractivity contribution in [3.63, 3.8) is 0 Å². The van der Waals surface area contributed by atoms with Crippen molar-refractivity contribution in [2.24, 2.45) is 11.8 Å². The van der Waals surface area contributed by atoms with E-state index in [0.717, 1.165) is 0 Å². The Hall–Kier alpha value is -1.82. The maximum atomic E-state index is 12.7. The van der Waals surface area contributed by atoms with Gasteiger partial charge in [-0.2, -0.15) is 0 Å². The smallest absolute Gasteiger partial charge is 0.337 e. The topological polar surface area (TPSA) is 69.7 Å². The molecule has 1 aliphatic heterocycles. The van der Waals surface area contributed by atoms with E-state index in [-0.39, 0.29) is 29.1 Å². The molecule has 6 heteroatoms. The van der Waals surface area contributed by atoms with Gasteiger partial charge in [0.15, 0.2) is 9.84 Å². The first-order chi connectivity index (χ1) is 11.3. The molecule has 1 heterocycles. The van der Waals surface area contributed by atoms with E-state index in [9.17, 15) is 13.2 Å². The van der Waals surface area contributed by atoms with Crippen molar-refractivity contribution in [2.75, 3.05) is 12.4 Å². The Morgan fingerprint density at radius 3 is 2.42 bits per heavy atom. The van der Waals surface area contributed by atoms with Crippen LogP contribution in [0.15, 0.2) is 46.6 Å². The fraction of sp³-hybridized carbons (Fsp3) is 0.500. The van der Waals surface area contributed by atoms with Crippen LogP contribution in [0.3, 0.4) is 0 Å². The average Bonchev–Trinajstić information content (AvgIpc) is 2.84. The maximum absolute atomic E-state index is 12.7. The Morgan fingerprint density at radius 2 is 1.88 bits per heavy atom. The highest BCUT2D eigenvalue weighted by atomic mass is 32.2. The van der Waals surface area contributed by atoms with Crippen LogP contribution in [-0.4, -0.2) is 32.9 Å². The van der Waals surface area contributed by atoms with E-state index in [4.69, 9.17) is 9.47 Å². The molecule has 132 valence electrons. The summed E-state index contributed by atoms with van der Waals surface area (Å²) < 4.78 is 36.2. The first-order valence-electron chi connectivity index (χ1n) is 8.10. The number of ether oxygens (including phenoxy) is 2. The molecule has 0 N–H and O–H groups in total. The van der Waals surface area contributed by atoms with Gasteiger partial charge in [-0.1, -0.05) is 32.0 Å². The second-order valence-electron chi connectivity index (χ2n) is 6.21. The molecule has 1 aliphatic rings. The quantitative estimate of drug-likeness (QED) is 0.736. The molecule has 0 spiro atoms. The average molecular weight is 352 g/mol. The predicted octanol–water partition coefficient (Wildman–Crippen LogP) is 2.97. The van der Waals surface area contributed by atoms with Gasteiger partial charge >= 0.3 is 5.97 Å². The first-order valence-corrected chi connectivity index (χ1v) is 9.75. The fourth-order valence-electron chi connectivity index (χ4n) is 3.11. The van der Waals surface area contributed by atoms with E-state index in [1.165, 1.54) is 0 Å². The molecule has 2 atom stereocenters. The lowest BCUT2D eigenvalue weighted by Gasteiger charge is -2.24. The van der Waals surface area contributed by atoms with Crippen molar-refractivity contribution in [1.29, 1.82) is 0 Å². The van der Waals surface area contributed by atoms with Gasteiger partial charge in [-0.05, 0) is 31.9 Å². The van der Waals surface area contributed by atoms with Crippen LogP contribution < -0.4 is 0 Å². The van der Waals surface area contributed by atoms with Gasteiger partial charge in [0.2, 0.25) is 0 Å². The van der Waals surface area contributed by atoms with Crippen LogP contribution in [0.5, 0.6) is 0 Å². The molecule has 1 aromatic carbocycles. The maximum Gasteiger partial charge on any atom is 0.337 e. The molecule has 0 aliphatic carbocycles. The molecule has 0 saturated heterocycles. The summed E-state index contributed by atoms with van der Waals surface area (Å²) in [5.74, 6) is -0.380. The Labute approximate surface area is 143 Å². The third kappa shape index (κ3) is 3.80. The van der Waals surface area contributed by atoms with Gasteiger partial charge in [0, 0.05) is 5.92 Å². The predicted molar refractivity (Wildman–Crippen MR) is 91.0 cm³/mol. The van der Waals surface area contributed by atoms with Crippen LogP contribution in [-0.2, 0) is 24.1 Å². The van der Waals surface area contributed by atoms with Crippen LogP contribution in [0.25, 0.3) is 0 Å². The van der Waals surface area contributed by atoms with E-state index < -0.39 is 21.9 Å². The fourth-order valence-corrected chi connectivity index (χ4v) is 4.59. The molecular weight excluding hydrogens is 328 g/mol. The highest BCUT2D eigenvalue weighted by Gasteiger charge is 2.43. The Kier molecular flexibility index (Phi) is 5.70. The van der Waals surface area contributed by atoms with E-state index in [1.807, 2.05) is 13.8 Å². The number of carbonyl (C=O) groups excluding carboxylic acids is 1. The second kappa shape index (κ2) is 7.38. The van der Waals surface area contributed by atoms with Gasteiger partial charge in [-0.3, -0.25) is 0 Å². The summed E-state index contributed by atoms with van der Waals surface area (Å²) in [4.78, 5) is 12.5. The van der Waals surface area contributed by atoms with E-state index in [0.29, 0.717) is 11.3 Å². The van der Waals surface area contributed by atoms with Crippen LogP contribution in [0.4, 0.5) is 0 Å². The van der Waals surface area contributed by atoms with E-state index in [2.05, 4.69) is 0 Å². The molecule has 0 unspecified atom stereocenters. The number of esters is 1. The summed E-state index contributed by atoms with van der Waals surface area (Å²) in [5.41, 5.74) is 0.458. The SMILES string of the molecule is CCOC(=O)C1=C(C)O[C@@H](CS(=O)(=O)c2ccccc2)[C@@H]1C(C)C. The largest absolute Gasteiger partial charge is 0.493 e. The first kappa shape index (κ1) is 18.5. The van der Waals surface area contributed by atoms with E-state index >= 15 is 0 Å². The Morgan fingerprint density at radius 1 is 1.25 bits per heavy atom. The summed E-state index contributed by atoms with van der Waals surface area (Å²) >= 11 is 0. The Balaban J connectivity index is 2.28. The molecular formula is C18H24O5S. The van der Waals surface area contributed by atoms with Gasteiger partial charge in [-0.15, -0.1) is 0 Å². The molecule has 0 fully saturated rings. The Bertz CT molecular complexity index is 719. The van der Waals surface area contributed by atoms with Crippen molar-refractivity contribution in [3.8, 4) is 0 Å². The third-order valence-corrected chi connectivity index (χ3v) is 5.90. The third-order valence-electron chi connectivity index (χ3n) is 4.14. The van der Waals surface area contributed by atoms with Crippen LogP contribution >= 0.6 is 0 Å². The van der Waals surface area contributed by atoms with Crippen LogP contribution in [0.2, 0.25) is 0 Å². The van der Waals surface area contributed by atoms with Crippen molar-refractivity contribution in [1.82, 2.24) is 0 Å². The lowest BCUT2D eigenvalue weighted by Crippen LogP contribution is -2.33. The minimum atomic E-state index is -3.50. The van der Waals surface area contributed by atoms with Gasteiger partial charge in [0.05, 0.1) is 22.8 Å².